The fraction of sp³-hybridized carbons (Fsp3) is 0.348. The van der Waals surface area contributed by atoms with E-state index in [1.807, 2.05) is 13.8 Å². The third-order valence-corrected chi connectivity index (χ3v) is 6.92. The molecule has 2 saturated heterocycles. The molecule has 3 aliphatic rings. The highest BCUT2D eigenvalue weighted by Crippen LogP contribution is 2.54. The Morgan fingerprint density at radius 2 is 1.81 bits per heavy atom. The molecule has 164 valence electrons. The summed E-state index contributed by atoms with van der Waals surface area (Å²) in [6, 6.07) is 11.0. The summed E-state index contributed by atoms with van der Waals surface area (Å²) >= 11 is 0. The zero-order chi connectivity index (χ0) is 22.9. The summed E-state index contributed by atoms with van der Waals surface area (Å²) in [7, 11) is 0. The number of benzene rings is 2. The van der Waals surface area contributed by atoms with Gasteiger partial charge in [-0.05, 0) is 25.0 Å². The van der Waals surface area contributed by atoms with E-state index >= 15 is 0 Å². The first-order valence-electron chi connectivity index (χ1n) is 10.5. The third kappa shape index (κ3) is 2.45. The van der Waals surface area contributed by atoms with Crippen LogP contribution >= 0.6 is 0 Å². The van der Waals surface area contributed by atoms with Crippen molar-refractivity contribution in [1.82, 2.24) is 5.32 Å². The van der Waals surface area contributed by atoms with Crippen LogP contribution in [0.15, 0.2) is 42.5 Å². The Hall–Kier alpha value is -3.59. The molecule has 3 aliphatic heterocycles. The number of nitrogens with one attached hydrogen (secondary N) is 2. The van der Waals surface area contributed by atoms with Crippen LogP contribution in [-0.4, -0.2) is 28.7 Å². The number of nitro benzene ring substituents is 1. The van der Waals surface area contributed by atoms with Gasteiger partial charge in [-0.1, -0.05) is 38.1 Å². The van der Waals surface area contributed by atoms with Crippen LogP contribution in [0.25, 0.3) is 0 Å². The second-order valence-corrected chi connectivity index (χ2v) is 8.97. The van der Waals surface area contributed by atoms with Gasteiger partial charge in [0.2, 0.25) is 17.7 Å². The molecule has 0 bridgehead atoms. The van der Waals surface area contributed by atoms with Crippen molar-refractivity contribution in [3.05, 3.63) is 63.7 Å². The van der Waals surface area contributed by atoms with E-state index in [1.54, 1.807) is 31.2 Å². The van der Waals surface area contributed by atoms with Crippen molar-refractivity contribution in [2.24, 2.45) is 17.8 Å². The number of imide groups is 1. The van der Waals surface area contributed by atoms with Crippen LogP contribution in [0.1, 0.15) is 25.0 Å². The fourth-order valence-electron chi connectivity index (χ4n) is 5.45. The Bertz CT molecular complexity index is 1210. The summed E-state index contributed by atoms with van der Waals surface area (Å²) in [5.41, 5.74) is 0.293. The number of carbonyl (C=O) groups is 3. The van der Waals surface area contributed by atoms with Crippen molar-refractivity contribution in [2.45, 2.75) is 32.4 Å². The van der Waals surface area contributed by atoms with E-state index in [4.69, 9.17) is 0 Å². The van der Waals surface area contributed by atoms with Gasteiger partial charge in [0.05, 0.1) is 22.4 Å². The molecule has 2 aromatic carbocycles. The number of para-hydroxylation sites is 1. The van der Waals surface area contributed by atoms with E-state index < -0.39 is 40.2 Å². The number of hydrogen-bond acceptors (Lipinski definition) is 6. The molecule has 0 saturated carbocycles. The standard InChI is InChI=1S/C23H22N4O5/c1-11(2)19-17-18(23(25-19)14-6-4-5-7-15(14)24-22(23)30)21(29)26(20(17)28)13-9-8-12(3)16(10-13)27(31)32/h4-11,17-19,25H,1-3H3,(H,24,30)/t17-,18-,19-,23-/m0/s1. The minimum absolute atomic E-state index is 0.0357. The van der Waals surface area contributed by atoms with Gasteiger partial charge in [0.1, 0.15) is 5.54 Å². The summed E-state index contributed by atoms with van der Waals surface area (Å²) in [5.74, 6) is -3.09. The minimum Gasteiger partial charge on any atom is -0.324 e. The Balaban J connectivity index is 1.68. The molecule has 0 aliphatic carbocycles. The number of aryl methyl sites for hydroxylation is 1. The van der Waals surface area contributed by atoms with Crippen LogP contribution in [0.4, 0.5) is 17.1 Å². The van der Waals surface area contributed by atoms with Crippen molar-refractivity contribution in [3.8, 4) is 0 Å². The van der Waals surface area contributed by atoms with Crippen LogP contribution in [0.5, 0.6) is 0 Å². The third-order valence-electron chi connectivity index (χ3n) is 6.92. The van der Waals surface area contributed by atoms with Gasteiger partial charge in [0.15, 0.2) is 0 Å². The molecule has 9 nitrogen and oxygen atoms in total. The van der Waals surface area contributed by atoms with Gasteiger partial charge in [0.25, 0.3) is 5.69 Å². The predicted molar refractivity (Wildman–Crippen MR) is 116 cm³/mol. The second kappa shape index (κ2) is 6.70. The largest absolute Gasteiger partial charge is 0.324 e. The molecule has 4 atom stereocenters. The molecule has 5 rings (SSSR count). The highest BCUT2D eigenvalue weighted by atomic mass is 16.6. The number of carbonyl (C=O) groups excluding carboxylic acids is 3. The molecule has 2 aromatic rings. The van der Waals surface area contributed by atoms with Gasteiger partial charge in [-0.15, -0.1) is 0 Å². The van der Waals surface area contributed by atoms with Crippen molar-refractivity contribution in [2.75, 3.05) is 10.2 Å². The number of hydrogen-bond donors (Lipinski definition) is 2. The van der Waals surface area contributed by atoms with Gasteiger partial charge in [-0.2, -0.15) is 0 Å². The molecular formula is C23H22N4O5. The first kappa shape index (κ1) is 20.3. The Kier molecular flexibility index (Phi) is 4.26. The average Bonchev–Trinajstić information content (AvgIpc) is 3.34. The molecule has 9 heteroatoms. The number of nitro groups is 1. The highest BCUT2D eigenvalue weighted by molar-refractivity contribution is 6.25. The zero-order valence-corrected chi connectivity index (χ0v) is 17.8. The fourth-order valence-corrected chi connectivity index (χ4v) is 5.45. The molecule has 3 heterocycles. The van der Waals surface area contributed by atoms with Gasteiger partial charge >= 0.3 is 0 Å². The van der Waals surface area contributed by atoms with Crippen molar-refractivity contribution in [3.63, 3.8) is 0 Å². The first-order chi connectivity index (χ1) is 15.2. The lowest BCUT2D eigenvalue weighted by Crippen LogP contribution is -2.54. The molecule has 0 unspecified atom stereocenters. The predicted octanol–water partition coefficient (Wildman–Crippen LogP) is 2.48. The first-order valence-corrected chi connectivity index (χ1v) is 10.5. The van der Waals surface area contributed by atoms with E-state index in [0.717, 1.165) is 4.90 Å². The van der Waals surface area contributed by atoms with Crippen molar-refractivity contribution < 1.29 is 19.3 Å². The smallest absolute Gasteiger partial charge is 0.274 e. The van der Waals surface area contributed by atoms with Crippen LogP contribution in [-0.2, 0) is 19.9 Å². The molecule has 0 aromatic heterocycles. The lowest BCUT2D eigenvalue weighted by Gasteiger charge is -2.30. The van der Waals surface area contributed by atoms with E-state index in [2.05, 4.69) is 10.6 Å². The van der Waals surface area contributed by atoms with Gasteiger partial charge in [0, 0.05) is 28.9 Å². The number of rotatable bonds is 3. The maximum Gasteiger partial charge on any atom is 0.274 e. The monoisotopic (exact) mass is 434 g/mol. The molecule has 2 fully saturated rings. The van der Waals surface area contributed by atoms with E-state index in [1.165, 1.54) is 18.2 Å². The maximum absolute atomic E-state index is 13.8. The molecular weight excluding hydrogens is 412 g/mol. The second-order valence-electron chi connectivity index (χ2n) is 8.97. The quantitative estimate of drug-likeness (QED) is 0.435. The van der Waals surface area contributed by atoms with E-state index in [-0.39, 0.29) is 23.2 Å². The summed E-state index contributed by atoms with van der Waals surface area (Å²) in [4.78, 5) is 52.6. The van der Waals surface area contributed by atoms with E-state index in [0.29, 0.717) is 16.8 Å². The summed E-state index contributed by atoms with van der Waals surface area (Å²) in [6.45, 7) is 5.46. The number of nitrogens with zero attached hydrogens (tertiary/aromatic N) is 2. The Morgan fingerprint density at radius 3 is 2.50 bits per heavy atom. The Morgan fingerprint density at radius 1 is 1.09 bits per heavy atom. The van der Waals surface area contributed by atoms with Crippen LogP contribution in [0.2, 0.25) is 0 Å². The normalized spacial score (nSPS) is 28.4. The zero-order valence-electron chi connectivity index (χ0n) is 17.8. The molecule has 32 heavy (non-hydrogen) atoms. The topological polar surface area (TPSA) is 122 Å². The van der Waals surface area contributed by atoms with Gasteiger partial charge < -0.3 is 5.32 Å². The van der Waals surface area contributed by atoms with Crippen molar-refractivity contribution >= 4 is 34.8 Å². The van der Waals surface area contributed by atoms with E-state index in [9.17, 15) is 24.5 Å². The number of fused-ring (bicyclic) bond motifs is 4. The van der Waals surface area contributed by atoms with Crippen LogP contribution in [0, 0.1) is 34.8 Å². The lowest BCUT2D eigenvalue weighted by molar-refractivity contribution is -0.385. The number of anilines is 2. The summed E-state index contributed by atoms with van der Waals surface area (Å²) in [5, 5.41) is 17.6. The van der Waals surface area contributed by atoms with Gasteiger partial charge in [-0.25, -0.2) is 4.90 Å². The molecule has 3 amide bonds. The molecule has 0 radical (unpaired) electrons. The molecule has 2 N–H and O–H groups in total. The Labute approximate surface area is 183 Å². The highest BCUT2D eigenvalue weighted by Gasteiger charge is 2.71. The maximum atomic E-state index is 13.8. The summed E-state index contributed by atoms with van der Waals surface area (Å²) < 4.78 is 0. The van der Waals surface area contributed by atoms with Crippen LogP contribution < -0.4 is 15.5 Å². The average molecular weight is 434 g/mol. The van der Waals surface area contributed by atoms with Crippen molar-refractivity contribution in [1.29, 1.82) is 0 Å². The summed E-state index contributed by atoms with van der Waals surface area (Å²) in [6.07, 6.45) is 0. The van der Waals surface area contributed by atoms with Crippen LogP contribution in [0.3, 0.4) is 0 Å². The van der Waals surface area contributed by atoms with Gasteiger partial charge in [-0.3, -0.25) is 29.8 Å². The lowest BCUT2D eigenvalue weighted by atomic mass is 9.76. The number of amides is 3. The minimum atomic E-state index is -1.37. The molecule has 1 spiro atoms. The SMILES string of the molecule is Cc1ccc(N2C(=O)[C@H]3[C@@H](C2=O)[C@]2(N[C@H]3C(C)C)C(=O)Nc3ccccc32)cc1[N+](=O)[O-].